The third-order valence-corrected chi connectivity index (χ3v) is 6.52. The van der Waals surface area contributed by atoms with Gasteiger partial charge in [-0.25, -0.2) is 17.9 Å². The van der Waals surface area contributed by atoms with Gasteiger partial charge in [0.1, 0.15) is 4.90 Å². The highest BCUT2D eigenvalue weighted by molar-refractivity contribution is 7.91. The van der Waals surface area contributed by atoms with E-state index in [-0.39, 0.29) is 22.2 Å². The van der Waals surface area contributed by atoms with Crippen molar-refractivity contribution in [2.75, 3.05) is 6.54 Å². The van der Waals surface area contributed by atoms with Crippen LogP contribution in [0, 0.1) is 13.8 Å². The first-order chi connectivity index (χ1) is 12.3. The number of halogens is 2. The average molecular weight is 429 g/mol. The molecule has 0 saturated heterocycles. The molecule has 0 aliphatic heterocycles. The van der Waals surface area contributed by atoms with Crippen molar-refractivity contribution in [1.29, 1.82) is 0 Å². The van der Waals surface area contributed by atoms with Gasteiger partial charge in [-0.3, -0.25) is 0 Å². The quantitative estimate of drug-likeness (QED) is 0.672. The molecule has 0 saturated carbocycles. The van der Waals surface area contributed by atoms with Crippen molar-refractivity contribution in [3.63, 3.8) is 0 Å². The van der Waals surface area contributed by atoms with E-state index in [1.165, 1.54) is 12.1 Å². The molecule has 9 heteroatoms. The van der Waals surface area contributed by atoms with Crippen LogP contribution in [0.5, 0.6) is 0 Å². The highest BCUT2D eigenvalue weighted by atomic mass is 35.5. The number of sulfone groups is 1. The summed E-state index contributed by atoms with van der Waals surface area (Å²) in [5, 5.41) is 4.90. The maximum Gasteiger partial charge on any atom is 0.212 e. The van der Waals surface area contributed by atoms with Crippen LogP contribution >= 0.6 is 24.0 Å². The first-order valence-electron chi connectivity index (χ1n) is 8.39. The lowest BCUT2D eigenvalue weighted by molar-refractivity contribution is 0.595. The number of nitrogens with zero attached hydrogens (tertiary/aromatic N) is 3. The SMILES string of the molecule is CCc1nn2c(C)c(CCN)c(C)nc2c1S(=O)(=O)c1cccc(Cl)c1.Cl. The molecule has 2 aromatic heterocycles. The average Bonchev–Trinajstić information content (AvgIpc) is 2.98. The summed E-state index contributed by atoms with van der Waals surface area (Å²) in [4.78, 5) is 4.85. The highest BCUT2D eigenvalue weighted by Crippen LogP contribution is 2.30. The molecule has 0 aliphatic carbocycles. The molecule has 0 bridgehead atoms. The van der Waals surface area contributed by atoms with Crippen LogP contribution in [0.25, 0.3) is 5.65 Å². The molecule has 6 nitrogen and oxygen atoms in total. The molecule has 2 heterocycles. The van der Waals surface area contributed by atoms with Crippen LogP contribution in [0.1, 0.15) is 29.6 Å². The predicted octanol–water partition coefficient (Wildman–Crippen LogP) is 3.32. The van der Waals surface area contributed by atoms with Gasteiger partial charge in [0, 0.05) is 16.4 Å². The van der Waals surface area contributed by atoms with Crippen molar-refractivity contribution in [1.82, 2.24) is 14.6 Å². The zero-order valence-electron chi connectivity index (χ0n) is 15.4. The molecule has 27 heavy (non-hydrogen) atoms. The summed E-state index contributed by atoms with van der Waals surface area (Å²) in [6.07, 6.45) is 1.14. The molecule has 0 spiro atoms. The number of hydrogen-bond donors (Lipinski definition) is 1. The van der Waals surface area contributed by atoms with Gasteiger partial charge >= 0.3 is 0 Å². The first kappa shape index (κ1) is 21.6. The Morgan fingerprint density at radius 1 is 1.26 bits per heavy atom. The van der Waals surface area contributed by atoms with Gasteiger partial charge in [-0.15, -0.1) is 12.4 Å². The molecule has 0 fully saturated rings. The first-order valence-corrected chi connectivity index (χ1v) is 10.3. The monoisotopic (exact) mass is 428 g/mol. The second kappa shape index (κ2) is 8.14. The van der Waals surface area contributed by atoms with E-state index in [2.05, 4.69) is 10.1 Å². The maximum atomic E-state index is 13.3. The molecule has 2 N–H and O–H groups in total. The van der Waals surface area contributed by atoms with Crippen LogP contribution in [0.15, 0.2) is 34.1 Å². The molecule has 0 aliphatic rings. The second-order valence-electron chi connectivity index (χ2n) is 6.13. The Labute approximate surface area is 170 Å². The van der Waals surface area contributed by atoms with Crippen molar-refractivity contribution < 1.29 is 8.42 Å². The van der Waals surface area contributed by atoms with Gasteiger partial charge in [0.05, 0.1) is 10.6 Å². The van der Waals surface area contributed by atoms with E-state index in [0.717, 1.165) is 17.0 Å². The topological polar surface area (TPSA) is 90.3 Å². The zero-order chi connectivity index (χ0) is 19.1. The summed E-state index contributed by atoms with van der Waals surface area (Å²) in [5.74, 6) is 0. The van der Waals surface area contributed by atoms with Crippen LogP contribution in [-0.2, 0) is 22.7 Å². The predicted molar refractivity (Wildman–Crippen MR) is 109 cm³/mol. The third kappa shape index (κ3) is 3.69. The van der Waals surface area contributed by atoms with Gasteiger partial charge in [-0.1, -0.05) is 24.6 Å². The fourth-order valence-electron chi connectivity index (χ4n) is 3.15. The van der Waals surface area contributed by atoms with Gasteiger partial charge in [-0.05, 0) is 57.0 Å². The van der Waals surface area contributed by atoms with E-state index in [9.17, 15) is 8.42 Å². The number of aromatic nitrogens is 3. The number of nitrogens with two attached hydrogens (primary N) is 1. The van der Waals surface area contributed by atoms with E-state index in [4.69, 9.17) is 17.3 Å². The molecular weight excluding hydrogens is 407 g/mol. The van der Waals surface area contributed by atoms with E-state index in [1.807, 2.05) is 20.8 Å². The molecular formula is C18H22Cl2N4O2S. The molecule has 3 aromatic rings. The Balaban J connectivity index is 0.00000261. The largest absolute Gasteiger partial charge is 0.330 e. The number of rotatable bonds is 5. The number of fused-ring (bicyclic) bond motifs is 1. The molecule has 146 valence electrons. The molecule has 0 atom stereocenters. The van der Waals surface area contributed by atoms with E-state index in [0.29, 0.717) is 35.8 Å². The number of hydrogen-bond acceptors (Lipinski definition) is 5. The third-order valence-electron chi connectivity index (χ3n) is 4.46. The van der Waals surface area contributed by atoms with Gasteiger partial charge in [0.2, 0.25) is 9.84 Å². The van der Waals surface area contributed by atoms with Crippen molar-refractivity contribution in [2.24, 2.45) is 5.73 Å². The fourth-order valence-corrected chi connectivity index (χ4v) is 5.05. The van der Waals surface area contributed by atoms with Crippen LogP contribution < -0.4 is 5.73 Å². The second-order valence-corrected chi connectivity index (χ2v) is 8.45. The van der Waals surface area contributed by atoms with E-state index in [1.54, 1.807) is 16.6 Å². The van der Waals surface area contributed by atoms with Gasteiger partial charge < -0.3 is 5.73 Å². The minimum absolute atomic E-state index is 0. The maximum absolute atomic E-state index is 13.3. The van der Waals surface area contributed by atoms with Crippen LogP contribution in [0.4, 0.5) is 0 Å². The van der Waals surface area contributed by atoms with Crippen molar-refractivity contribution in [3.05, 3.63) is 51.9 Å². The molecule has 0 radical (unpaired) electrons. The molecule has 3 rings (SSSR count). The molecule has 0 unspecified atom stereocenters. The molecule has 1 aromatic carbocycles. The highest BCUT2D eigenvalue weighted by Gasteiger charge is 2.29. The van der Waals surface area contributed by atoms with Crippen molar-refractivity contribution in [3.8, 4) is 0 Å². The standard InChI is InChI=1S/C18H21ClN4O2S.ClH/c1-4-16-17(26(24,25)14-7-5-6-13(19)10-14)18-21-11(2)15(8-9-20)12(3)23(18)22-16;/h5-7,10H,4,8-9,20H2,1-3H3;1H. The summed E-state index contributed by atoms with van der Waals surface area (Å²) in [7, 11) is -3.80. The Morgan fingerprint density at radius 2 is 1.96 bits per heavy atom. The smallest absolute Gasteiger partial charge is 0.212 e. The lowest BCUT2D eigenvalue weighted by Crippen LogP contribution is -2.11. The lowest BCUT2D eigenvalue weighted by Gasteiger charge is -2.10. The van der Waals surface area contributed by atoms with Crippen molar-refractivity contribution in [2.45, 2.75) is 43.4 Å². The summed E-state index contributed by atoms with van der Waals surface area (Å²) < 4.78 is 28.2. The summed E-state index contributed by atoms with van der Waals surface area (Å²) in [6.45, 7) is 6.15. The Morgan fingerprint density at radius 3 is 2.56 bits per heavy atom. The van der Waals surface area contributed by atoms with Crippen LogP contribution in [-0.4, -0.2) is 29.6 Å². The normalized spacial score (nSPS) is 11.6. The minimum atomic E-state index is -3.80. The summed E-state index contributed by atoms with van der Waals surface area (Å²) >= 11 is 6.00. The summed E-state index contributed by atoms with van der Waals surface area (Å²) in [5.41, 5.74) is 9.16. The zero-order valence-corrected chi connectivity index (χ0v) is 17.7. The minimum Gasteiger partial charge on any atom is -0.330 e. The van der Waals surface area contributed by atoms with E-state index >= 15 is 0 Å². The molecule has 0 amide bonds. The van der Waals surface area contributed by atoms with Crippen LogP contribution in [0.2, 0.25) is 5.02 Å². The van der Waals surface area contributed by atoms with Gasteiger partial charge in [-0.2, -0.15) is 5.10 Å². The fraction of sp³-hybridized carbons (Fsp3) is 0.333. The van der Waals surface area contributed by atoms with Gasteiger partial charge in [0.25, 0.3) is 0 Å². The lowest BCUT2D eigenvalue weighted by atomic mass is 10.1. The number of aryl methyl sites for hydroxylation is 3. The Bertz CT molecular complexity index is 1090. The Kier molecular flexibility index (Phi) is 6.52. The van der Waals surface area contributed by atoms with Crippen molar-refractivity contribution >= 4 is 39.5 Å². The number of benzene rings is 1. The van der Waals surface area contributed by atoms with Crippen LogP contribution in [0.3, 0.4) is 0 Å². The summed E-state index contributed by atoms with van der Waals surface area (Å²) in [6, 6.07) is 6.24. The van der Waals surface area contributed by atoms with Gasteiger partial charge in [0.15, 0.2) is 5.65 Å². The Hall–Kier alpha value is -1.67. The van der Waals surface area contributed by atoms with E-state index < -0.39 is 9.84 Å².